The highest BCUT2D eigenvalue weighted by Crippen LogP contribution is 2.24. The number of nitrogens with one attached hydrogen (secondary N) is 1. The first-order valence-electron chi connectivity index (χ1n) is 5.96. The predicted octanol–water partition coefficient (Wildman–Crippen LogP) is 2.58. The minimum Gasteiger partial charge on any atom is -0.374 e. The summed E-state index contributed by atoms with van der Waals surface area (Å²) in [5, 5.41) is 3.39. The number of ether oxygens (including phenoxy) is 1. The van der Waals surface area contributed by atoms with Crippen LogP contribution in [0.2, 0.25) is 0 Å². The van der Waals surface area contributed by atoms with E-state index < -0.39 is 0 Å². The molecule has 0 amide bonds. The van der Waals surface area contributed by atoms with Crippen molar-refractivity contribution in [3.63, 3.8) is 0 Å². The minimum absolute atomic E-state index is 0.453. The van der Waals surface area contributed by atoms with Crippen LogP contribution in [0.5, 0.6) is 0 Å². The molecule has 0 radical (unpaired) electrons. The molecular formula is C12H25NO. The predicted molar refractivity (Wildman–Crippen MR) is 60.5 cm³/mol. The second-order valence-corrected chi connectivity index (χ2v) is 4.93. The van der Waals surface area contributed by atoms with Crippen molar-refractivity contribution >= 4 is 0 Å². The van der Waals surface area contributed by atoms with Crippen LogP contribution in [0.4, 0.5) is 0 Å². The van der Waals surface area contributed by atoms with Gasteiger partial charge in [-0.2, -0.15) is 0 Å². The molecule has 0 aromatic carbocycles. The van der Waals surface area contributed by atoms with Gasteiger partial charge in [0.15, 0.2) is 0 Å². The van der Waals surface area contributed by atoms with E-state index in [2.05, 4.69) is 33.1 Å². The molecule has 3 atom stereocenters. The summed E-state index contributed by atoms with van der Waals surface area (Å²) in [6, 6.07) is 0.558. The molecule has 3 unspecified atom stereocenters. The van der Waals surface area contributed by atoms with E-state index in [9.17, 15) is 0 Å². The van der Waals surface area contributed by atoms with Crippen molar-refractivity contribution in [1.82, 2.24) is 5.32 Å². The maximum Gasteiger partial charge on any atom is 0.0732 e. The lowest BCUT2D eigenvalue weighted by Crippen LogP contribution is -2.37. The van der Waals surface area contributed by atoms with Gasteiger partial charge in [0.05, 0.1) is 12.2 Å². The number of rotatable bonds is 5. The minimum atomic E-state index is 0.453. The van der Waals surface area contributed by atoms with Crippen molar-refractivity contribution < 1.29 is 4.74 Å². The van der Waals surface area contributed by atoms with E-state index >= 15 is 0 Å². The molecule has 0 saturated carbocycles. The monoisotopic (exact) mass is 199 g/mol. The highest BCUT2D eigenvalue weighted by atomic mass is 16.5. The zero-order valence-electron chi connectivity index (χ0n) is 10.0. The van der Waals surface area contributed by atoms with Gasteiger partial charge in [0.25, 0.3) is 0 Å². The molecule has 2 heteroatoms. The van der Waals surface area contributed by atoms with Crippen molar-refractivity contribution in [2.45, 2.75) is 64.7 Å². The molecule has 1 heterocycles. The Bertz CT molecular complexity index is 158. The van der Waals surface area contributed by atoms with E-state index in [-0.39, 0.29) is 0 Å². The molecule has 1 N–H and O–H groups in total. The summed E-state index contributed by atoms with van der Waals surface area (Å²) < 4.78 is 5.88. The van der Waals surface area contributed by atoms with Gasteiger partial charge >= 0.3 is 0 Å². The summed E-state index contributed by atoms with van der Waals surface area (Å²) in [7, 11) is 2.05. The van der Waals surface area contributed by atoms with E-state index in [0.29, 0.717) is 18.2 Å². The summed E-state index contributed by atoms with van der Waals surface area (Å²) in [6.45, 7) is 6.74. The average Bonchev–Trinajstić information content (AvgIpc) is 2.53. The van der Waals surface area contributed by atoms with E-state index in [4.69, 9.17) is 4.74 Å². The topological polar surface area (TPSA) is 21.3 Å². The van der Waals surface area contributed by atoms with Crippen LogP contribution in [-0.4, -0.2) is 25.3 Å². The first-order valence-corrected chi connectivity index (χ1v) is 5.96. The third-order valence-corrected chi connectivity index (χ3v) is 3.14. The SMILES string of the molecule is CNC(CCC(C)C)C1CCC(C)O1. The molecule has 1 aliphatic rings. The molecule has 1 saturated heterocycles. The molecule has 0 aromatic heterocycles. The summed E-state index contributed by atoms with van der Waals surface area (Å²) in [6.07, 6.45) is 5.91. The van der Waals surface area contributed by atoms with Crippen LogP contribution in [0.3, 0.4) is 0 Å². The molecule has 2 nitrogen and oxygen atoms in total. The van der Waals surface area contributed by atoms with Gasteiger partial charge in [-0.1, -0.05) is 13.8 Å². The van der Waals surface area contributed by atoms with E-state index in [0.717, 1.165) is 5.92 Å². The van der Waals surface area contributed by atoms with Gasteiger partial charge in [-0.3, -0.25) is 0 Å². The lowest BCUT2D eigenvalue weighted by molar-refractivity contribution is 0.0307. The van der Waals surface area contributed by atoms with Crippen molar-refractivity contribution in [2.24, 2.45) is 5.92 Å². The van der Waals surface area contributed by atoms with Crippen LogP contribution in [0, 0.1) is 5.92 Å². The second-order valence-electron chi connectivity index (χ2n) is 4.93. The van der Waals surface area contributed by atoms with Gasteiger partial charge in [-0.05, 0) is 45.6 Å². The van der Waals surface area contributed by atoms with Crippen molar-refractivity contribution in [3.05, 3.63) is 0 Å². The maximum atomic E-state index is 5.88. The zero-order chi connectivity index (χ0) is 10.6. The van der Waals surface area contributed by atoms with Gasteiger partial charge < -0.3 is 10.1 Å². The van der Waals surface area contributed by atoms with E-state index in [1.807, 2.05) is 0 Å². The van der Waals surface area contributed by atoms with Crippen molar-refractivity contribution in [1.29, 1.82) is 0 Å². The quantitative estimate of drug-likeness (QED) is 0.735. The first-order chi connectivity index (χ1) is 6.63. The molecule has 1 aliphatic heterocycles. The normalized spacial score (nSPS) is 29.8. The third-order valence-electron chi connectivity index (χ3n) is 3.14. The van der Waals surface area contributed by atoms with Crippen LogP contribution in [-0.2, 0) is 4.74 Å². The Kier molecular flexibility index (Phi) is 4.90. The molecule has 1 fully saturated rings. The highest BCUT2D eigenvalue weighted by molar-refractivity contribution is 4.82. The molecule has 0 aliphatic carbocycles. The van der Waals surface area contributed by atoms with E-state index in [1.165, 1.54) is 25.7 Å². The zero-order valence-corrected chi connectivity index (χ0v) is 10.0. The van der Waals surface area contributed by atoms with Gasteiger partial charge in [-0.15, -0.1) is 0 Å². The second kappa shape index (κ2) is 5.72. The smallest absolute Gasteiger partial charge is 0.0732 e. The molecule has 0 spiro atoms. The molecule has 1 rings (SSSR count). The Labute approximate surface area is 88.4 Å². The fraction of sp³-hybridized carbons (Fsp3) is 1.00. The van der Waals surface area contributed by atoms with Crippen molar-refractivity contribution in [3.8, 4) is 0 Å². The Morgan fingerprint density at radius 2 is 2.00 bits per heavy atom. The summed E-state index contributed by atoms with van der Waals surface area (Å²) in [4.78, 5) is 0. The fourth-order valence-corrected chi connectivity index (χ4v) is 2.16. The Morgan fingerprint density at radius 3 is 2.43 bits per heavy atom. The number of hydrogen-bond donors (Lipinski definition) is 1. The number of likely N-dealkylation sites (N-methyl/N-ethyl adjacent to an activating group) is 1. The van der Waals surface area contributed by atoms with Crippen LogP contribution < -0.4 is 5.32 Å². The lowest BCUT2D eigenvalue weighted by Gasteiger charge is -2.23. The maximum absolute atomic E-state index is 5.88. The van der Waals surface area contributed by atoms with Crippen LogP contribution in [0.1, 0.15) is 46.5 Å². The third kappa shape index (κ3) is 3.58. The van der Waals surface area contributed by atoms with Gasteiger partial charge in [0.1, 0.15) is 0 Å². The molecule has 0 bridgehead atoms. The molecule has 84 valence electrons. The van der Waals surface area contributed by atoms with Crippen LogP contribution in [0.25, 0.3) is 0 Å². The van der Waals surface area contributed by atoms with Crippen LogP contribution >= 0.6 is 0 Å². The first kappa shape index (κ1) is 12.0. The summed E-state index contributed by atoms with van der Waals surface area (Å²) in [5.41, 5.74) is 0. The Hall–Kier alpha value is -0.0800. The van der Waals surface area contributed by atoms with Gasteiger partial charge in [-0.25, -0.2) is 0 Å². The van der Waals surface area contributed by atoms with E-state index in [1.54, 1.807) is 0 Å². The van der Waals surface area contributed by atoms with Gasteiger partial charge in [0, 0.05) is 6.04 Å². The largest absolute Gasteiger partial charge is 0.374 e. The van der Waals surface area contributed by atoms with Crippen LogP contribution in [0.15, 0.2) is 0 Å². The standard InChI is InChI=1S/C12H25NO/c1-9(2)5-7-11(13-4)12-8-6-10(3)14-12/h9-13H,5-8H2,1-4H3. The number of hydrogen-bond acceptors (Lipinski definition) is 2. The molecular weight excluding hydrogens is 174 g/mol. The lowest BCUT2D eigenvalue weighted by atomic mass is 9.98. The van der Waals surface area contributed by atoms with Crippen molar-refractivity contribution in [2.75, 3.05) is 7.05 Å². The highest BCUT2D eigenvalue weighted by Gasteiger charge is 2.28. The summed E-state index contributed by atoms with van der Waals surface area (Å²) in [5.74, 6) is 0.796. The van der Waals surface area contributed by atoms with Gasteiger partial charge in [0.2, 0.25) is 0 Å². The Morgan fingerprint density at radius 1 is 1.29 bits per heavy atom. The summed E-state index contributed by atoms with van der Waals surface area (Å²) >= 11 is 0. The molecule has 14 heavy (non-hydrogen) atoms. The fourth-order valence-electron chi connectivity index (χ4n) is 2.16. The molecule has 0 aromatic rings. The Balaban J connectivity index is 2.30. The average molecular weight is 199 g/mol.